The molecule has 2 aromatic carbocycles. The van der Waals surface area contributed by atoms with E-state index in [0.29, 0.717) is 17.0 Å². The molecule has 2 aromatic heterocycles. The van der Waals surface area contributed by atoms with E-state index in [1.54, 1.807) is 23.9 Å². The van der Waals surface area contributed by atoms with E-state index in [4.69, 9.17) is 9.15 Å². The van der Waals surface area contributed by atoms with Crippen LogP contribution in [0.15, 0.2) is 70.0 Å². The fraction of sp³-hybridized carbons (Fsp3) is 0.0556. The van der Waals surface area contributed by atoms with E-state index in [0.717, 1.165) is 16.6 Å². The first-order valence-corrected chi connectivity index (χ1v) is 7.34. The summed E-state index contributed by atoms with van der Waals surface area (Å²) in [5.41, 5.74) is 2.52. The second kappa shape index (κ2) is 5.66. The van der Waals surface area contributed by atoms with Gasteiger partial charge in [0, 0.05) is 23.1 Å². The van der Waals surface area contributed by atoms with Gasteiger partial charge in [-0.25, -0.2) is 9.48 Å². The van der Waals surface area contributed by atoms with Crippen LogP contribution in [0.1, 0.15) is 0 Å². The summed E-state index contributed by atoms with van der Waals surface area (Å²) in [4.78, 5) is 11.4. The highest BCUT2D eigenvalue weighted by atomic mass is 16.5. The molecule has 0 amide bonds. The molecular formula is C18H13N3O3. The predicted octanol–water partition coefficient (Wildman–Crippen LogP) is 3.05. The summed E-state index contributed by atoms with van der Waals surface area (Å²) in [6.45, 7) is 0. The molecule has 6 heteroatoms. The molecule has 0 atom stereocenters. The SMILES string of the molecule is COc1cc2oc(=O)ccc2cc1-n1cc(-c2ccccc2)nn1. The Labute approximate surface area is 136 Å². The van der Waals surface area contributed by atoms with Crippen molar-refractivity contribution in [2.45, 2.75) is 0 Å². The van der Waals surface area contributed by atoms with Gasteiger partial charge in [-0.3, -0.25) is 0 Å². The van der Waals surface area contributed by atoms with Crippen molar-refractivity contribution in [3.63, 3.8) is 0 Å². The lowest BCUT2D eigenvalue weighted by Crippen LogP contribution is -2.01. The van der Waals surface area contributed by atoms with Crippen molar-refractivity contribution >= 4 is 11.0 Å². The number of fused-ring (bicyclic) bond motifs is 1. The van der Waals surface area contributed by atoms with E-state index in [1.165, 1.54) is 6.07 Å². The van der Waals surface area contributed by atoms with Crippen LogP contribution in [0, 0.1) is 0 Å². The second-order valence-corrected chi connectivity index (χ2v) is 5.23. The number of ether oxygens (including phenoxy) is 1. The van der Waals surface area contributed by atoms with Crippen molar-refractivity contribution in [2.75, 3.05) is 7.11 Å². The Bertz CT molecular complexity index is 1070. The van der Waals surface area contributed by atoms with Gasteiger partial charge in [-0.1, -0.05) is 35.5 Å². The zero-order chi connectivity index (χ0) is 16.5. The topological polar surface area (TPSA) is 70.2 Å². The van der Waals surface area contributed by atoms with Crippen molar-refractivity contribution in [1.82, 2.24) is 15.0 Å². The smallest absolute Gasteiger partial charge is 0.336 e. The molecule has 0 aliphatic heterocycles. The number of nitrogens with zero attached hydrogens (tertiary/aromatic N) is 3. The van der Waals surface area contributed by atoms with Crippen molar-refractivity contribution in [3.8, 4) is 22.7 Å². The number of hydrogen-bond donors (Lipinski definition) is 0. The summed E-state index contributed by atoms with van der Waals surface area (Å²) in [6, 6.07) is 16.4. The summed E-state index contributed by atoms with van der Waals surface area (Å²) in [6.07, 6.45) is 1.83. The van der Waals surface area contributed by atoms with E-state index >= 15 is 0 Å². The average molecular weight is 319 g/mol. The van der Waals surface area contributed by atoms with Crippen LogP contribution in [-0.4, -0.2) is 22.1 Å². The quantitative estimate of drug-likeness (QED) is 0.543. The normalized spacial score (nSPS) is 10.9. The van der Waals surface area contributed by atoms with Gasteiger partial charge in [0.2, 0.25) is 0 Å². The van der Waals surface area contributed by atoms with Crippen LogP contribution in [0.3, 0.4) is 0 Å². The lowest BCUT2D eigenvalue weighted by atomic mass is 10.2. The molecule has 0 aliphatic rings. The first kappa shape index (κ1) is 14.2. The Balaban J connectivity index is 1.85. The maximum Gasteiger partial charge on any atom is 0.336 e. The van der Waals surface area contributed by atoms with Gasteiger partial charge in [0.25, 0.3) is 0 Å². The van der Waals surface area contributed by atoms with Gasteiger partial charge in [-0.05, 0) is 12.1 Å². The standard InChI is InChI=1S/C18H13N3O3/c1-23-17-10-16-13(7-8-18(22)24-16)9-15(17)21-11-14(19-20-21)12-5-3-2-4-6-12/h2-11H,1H3. The third-order valence-electron chi connectivity index (χ3n) is 3.73. The summed E-state index contributed by atoms with van der Waals surface area (Å²) in [5.74, 6) is 0.543. The maximum atomic E-state index is 11.4. The number of benzene rings is 2. The zero-order valence-electron chi connectivity index (χ0n) is 12.8. The van der Waals surface area contributed by atoms with E-state index in [1.807, 2.05) is 42.6 Å². The van der Waals surface area contributed by atoms with E-state index < -0.39 is 5.63 Å². The van der Waals surface area contributed by atoms with Crippen LogP contribution in [-0.2, 0) is 0 Å². The van der Waals surface area contributed by atoms with Crippen LogP contribution in [0.2, 0.25) is 0 Å². The molecule has 0 spiro atoms. The number of rotatable bonds is 3. The molecule has 0 radical (unpaired) electrons. The van der Waals surface area contributed by atoms with E-state index in [2.05, 4.69) is 10.3 Å². The van der Waals surface area contributed by atoms with E-state index in [-0.39, 0.29) is 0 Å². The lowest BCUT2D eigenvalue weighted by Gasteiger charge is -2.08. The Hall–Kier alpha value is -3.41. The third kappa shape index (κ3) is 2.44. The minimum absolute atomic E-state index is 0.399. The fourth-order valence-electron chi connectivity index (χ4n) is 2.55. The van der Waals surface area contributed by atoms with Gasteiger partial charge in [0.05, 0.1) is 13.3 Å². The highest BCUT2D eigenvalue weighted by Crippen LogP contribution is 2.28. The van der Waals surface area contributed by atoms with Gasteiger partial charge < -0.3 is 9.15 Å². The number of hydrogen-bond acceptors (Lipinski definition) is 5. The van der Waals surface area contributed by atoms with Gasteiger partial charge in [0.1, 0.15) is 22.7 Å². The van der Waals surface area contributed by atoms with Gasteiger partial charge >= 0.3 is 5.63 Å². The predicted molar refractivity (Wildman–Crippen MR) is 89.4 cm³/mol. The molecule has 6 nitrogen and oxygen atoms in total. The van der Waals surface area contributed by atoms with Crippen molar-refractivity contribution in [2.24, 2.45) is 0 Å². The van der Waals surface area contributed by atoms with Crippen LogP contribution in [0.4, 0.5) is 0 Å². The molecule has 0 N–H and O–H groups in total. The second-order valence-electron chi connectivity index (χ2n) is 5.23. The minimum Gasteiger partial charge on any atom is -0.494 e. The molecule has 24 heavy (non-hydrogen) atoms. The van der Waals surface area contributed by atoms with Crippen LogP contribution in [0.5, 0.6) is 5.75 Å². The molecule has 4 aromatic rings. The van der Waals surface area contributed by atoms with Crippen LogP contribution < -0.4 is 10.4 Å². The van der Waals surface area contributed by atoms with Gasteiger partial charge in [-0.15, -0.1) is 5.10 Å². The molecule has 0 bridgehead atoms. The molecule has 0 unspecified atom stereocenters. The molecule has 0 saturated carbocycles. The number of aromatic nitrogens is 3. The molecule has 0 aliphatic carbocycles. The molecule has 0 saturated heterocycles. The summed E-state index contributed by atoms with van der Waals surface area (Å²) in [7, 11) is 1.56. The van der Waals surface area contributed by atoms with Gasteiger partial charge in [0.15, 0.2) is 0 Å². The Morgan fingerprint density at radius 2 is 1.92 bits per heavy atom. The Kier molecular flexibility index (Phi) is 3.35. The number of methoxy groups -OCH3 is 1. The summed E-state index contributed by atoms with van der Waals surface area (Å²) < 4.78 is 12.2. The first-order chi connectivity index (χ1) is 11.7. The average Bonchev–Trinajstić information content (AvgIpc) is 3.11. The van der Waals surface area contributed by atoms with Crippen molar-refractivity contribution in [3.05, 3.63) is 71.2 Å². The highest BCUT2D eigenvalue weighted by Gasteiger charge is 2.12. The first-order valence-electron chi connectivity index (χ1n) is 7.34. The van der Waals surface area contributed by atoms with Crippen molar-refractivity contribution < 1.29 is 9.15 Å². The molecule has 4 rings (SSSR count). The summed E-state index contributed by atoms with van der Waals surface area (Å²) >= 11 is 0. The van der Waals surface area contributed by atoms with Crippen molar-refractivity contribution in [1.29, 1.82) is 0 Å². The highest BCUT2D eigenvalue weighted by molar-refractivity contribution is 5.81. The minimum atomic E-state index is -0.399. The van der Waals surface area contributed by atoms with Gasteiger partial charge in [-0.2, -0.15) is 0 Å². The molecular weight excluding hydrogens is 306 g/mol. The van der Waals surface area contributed by atoms with E-state index in [9.17, 15) is 4.79 Å². The fourth-order valence-corrected chi connectivity index (χ4v) is 2.55. The van der Waals surface area contributed by atoms with Crippen LogP contribution in [0.25, 0.3) is 27.9 Å². The Morgan fingerprint density at radius 3 is 2.71 bits per heavy atom. The summed E-state index contributed by atoms with van der Waals surface area (Å²) in [5, 5.41) is 9.19. The Morgan fingerprint density at radius 1 is 1.08 bits per heavy atom. The zero-order valence-corrected chi connectivity index (χ0v) is 12.8. The molecule has 2 heterocycles. The lowest BCUT2D eigenvalue weighted by molar-refractivity contribution is 0.410. The maximum absolute atomic E-state index is 11.4. The van der Waals surface area contributed by atoms with Crippen LogP contribution >= 0.6 is 0 Å². The molecule has 0 fully saturated rings. The molecule has 118 valence electrons. The monoisotopic (exact) mass is 319 g/mol. The largest absolute Gasteiger partial charge is 0.494 e. The third-order valence-corrected chi connectivity index (χ3v) is 3.73.